The number of rotatable bonds is 6. The number of alkyl halides is 3. The Hall–Kier alpha value is -3.63. The summed E-state index contributed by atoms with van der Waals surface area (Å²) in [6.45, 7) is 1.51. The van der Waals surface area contributed by atoms with Crippen LogP contribution in [-0.2, 0) is 18.0 Å². The van der Waals surface area contributed by atoms with E-state index in [1.54, 1.807) is 43.6 Å². The predicted molar refractivity (Wildman–Crippen MR) is 110 cm³/mol. The first-order chi connectivity index (χ1) is 15.1. The predicted octanol–water partition coefficient (Wildman–Crippen LogP) is 3.96. The normalized spacial score (nSPS) is 14.8. The highest BCUT2D eigenvalue weighted by atomic mass is 19.4. The van der Waals surface area contributed by atoms with Crippen molar-refractivity contribution in [2.45, 2.75) is 37.9 Å². The van der Waals surface area contributed by atoms with Crippen LogP contribution in [-0.4, -0.2) is 31.4 Å². The van der Waals surface area contributed by atoms with E-state index in [0.717, 1.165) is 23.6 Å². The Bertz CT molecular complexity index is 1150. The van der Waals surface area contributed by atoms with Crippen molar-refractivity contribution < 1.29 is 22.8 Å². The van der Waals surface area contributed by atoms with Crippen LogP contribution in [0.25, 0.3) is 0 Å². The molecule has 0 aliphatic heterocycles. The molecule has 2 amide bonds. The third-order valence-corrected chi connectivity index (χ3v) is 5.15. The van der Waals surface area contributed by atoms with Gasteiger partial charge in [0.1, 0.15) is 6.04 Å². The molecule has 1 aromatic carbocycles. The third kappa shape index (κ3) is 4.66. The smallest absolute Gasteiger partial charge is 0.324 e. The van der Waals surface area contributed by atoms with Crippen LogP contribution < -0.4 is 10.6 Å². The number of carbonyl (C=O) groups is 2. The number of hydrogen-bond donors (Lipinski definition) is 2. The zero-order chi connectivity index (χ0) is 23.0. The molecular formula is C21H21F3N6O2. The van der Waals surface area contributed by atoms with E-state index < -0.39 is 23.8 Å². The van der Waals surface area contributed by atoms with Crippen molar-refractivity contribution in [1.29, 1.82) is 0 Å². The molecule has 4 rings (SSSR count). The second-order valence-corrected chi connectivity index (χ2v) is 7.74. The molecule has 2 aromatic heterocycles. The van der Waals surface area contributed by atoms with Crippen molar-refractivity contribution in [2.75, 3.05) is 10.6 Å². The lowest BCUT2D eigenvalue weighted by Crippen LogP contribution is -2.26. The average molecular weight is 446 g/mol. The first-order valence-corrected chi connectivity index (χ1v) is 10.0. The maximum atomic E-state index is 13.1. The van der Waals surface area contributed by atoms with Gasteiger partial charge in [-0.3, -0.25) is 19.0 Å². The van der Waals surface area contributed by atoms with Crippen LogP contribution in [0, 0.1) is 0 Å². The van der Waals surface area contributed by atoms with Gasteiger partial charge in [-0.25, -0.2) is 0 Å². The fourth-order valence-electron chi connectivity index (χ4n) is 3.27. The highest BCUT2D eigenvalue weighted by Gasteiger charge is 2.39. The molecule has 2 heterocycles. The van der Waals surface area contributed by atoms with E-state index in [1.807, 2.05) is 0 Å². The minimum Gasteiger partial charge on any atom is -0.324 e. The Morgan fingerprint density at radius 3 is 2.22 bits per heavy atom. The van der Waals surface area contributed by atoms with E-state index in [4.69, 9.17) is 0 Å². The van der Waals surface area contributed by atoms with Crippen LogP contribution in [0.15, 0.2) is 42.6 Å². The van der Waals surface area contributed by atoms with E-state index in [9.17, 15) is 22.8 Å². The van der Waals surface area contributed by atoms with Crippen LogP contribution in [0.1, 0.15) is 53.6 Å². The van der Waals surface area contributed by atoms with Crippen molar-refractivity contribution in [3.63, 3.8) is 0 Å². The lowest BCUT2D eigenvalue weighted by molar-refractivity contribution is -0.141. The highest BCUT2D eigenvalue weighted by molar-refractivity contribution is 6.03. The van der Waals surface area contributed by atoms with Crippen molar-refractivity contribution in [3.8, 4) is 0 Å². The standard InChI is InChI=1S/C21H21F3N6O2/c1-12(30-17(13-3-4-13)11-18(28-30)21(22,23)24)19(31)25-14-5-7-15(8-6-14)26-20(32)16-9-10-29(2)27-16/h5-13H,3-4H2,1-2H3,(H,25,31)(H,26,32). The molecule has 32 heavy (non-hydrogen) atoms. The van der Waals surface area contributed by atoms with Gasteiger partial charge in [-0.1, -0.05) is 0 Å². The first-order valence-electron chi connectivity index (χ1n) is 10.0. The molecular weight excluding hydrogens is 425 g/mol. The van der Waals surface area contributed by atoms with Gasteiger partial charge in [0.05, 0.1) is 0 Å². The van der Waals surface area contributed by atoms with E-state index >= 15 is 0 Å². The van der Waals surface area contributed by atoms with Crippen LogP contribution in [0.4, 0.5) is 24.5 Å². The van der Waals surface area contributed by atoms with Gasteiger partial charge in [0.25, 0.3) is 5.91 Å². The molecule has 168 valence electrons. The molecule has 11 heteroatoms. The summed E-state index contributed by atoms with van der Waals surface area (Å²) in [6.07, 6.45) is -1.35. The zero-order valence-electron chi connectivity index (χ0n) is 17.3. The number of benzene rings is 1. The van der Waals surface area contributed by atoms with Crippen molar-refractivity contribution in [1.82, 2.24) is 19.6 Å². The topological polar surface area (TPSA) is 93.8 Å². The molecule has 1 atom stereocenters. The van der Waals surface area contributed by atoms with Gasteiger partial charge in [-0.05, 0) is 56.2 Å². The Kier molecular flexibility index (Phi) is 5.49. The molecule has 0 bridgehead atoms. The van der Waals surface area contributed by atoms with Gasteiger partial charge in [0, 0.05) is 36.2 Å². The van der Waals surface area contributed by atoms with E-state index in [2.05, 4.69) is 20.8 Å². The Morgan fingerprint density at radius 2 is 1.69 bits per heavy atom. The number of nitrogens with zero attached hydrogens (tertiary/aromatic N) is 4. The summed E-state index contributed by atoms with van der Waals surface area (Å²) in [5.41, 5.74) is 0.640. The largest absolute Gasteiger partial charge is 0.435 e. The number of nitrogens with one attached hydrogen (secondary N) is 2. The number of amides is 2. The summed E-state index contributed by atoms with van der Waals surface area (Å²) >= 11 is 0. The molecule has 1 aliphatic rings. The molecule has 0 spiro atoms. The molecule has 2 N–H and O–H groups in total. The van der Waals surface area contributed by atoms with Gasteiger partial charge in [-0.15, -0.1) is 0 Å². The van der Waals surface area contributed by atoms with E-state index in [0.29, 0.717) is 17.1 Å². The molecule has 8 nitrogen and oxygen atoms in total. The Balaban J connectivity index is 1.43. The van der Waals surface area contributed by atoms with Crippen molar-refractivity contribution in [2.24, 2.45) is 7.05 Å². The quantitative estimate of drug-likeness (QED) is 0.599. The van der Waals surface area contributed by atoms with Crippen molar-refractivity contribution >= 4 is 23.2 Å². The summed E-state index contributed by atoms with van der Waals surface area (Å²) in [5, 5.41) is 13.1. The number of aryl methyl sites for hydroxylation is 1. The monoisotopic (exact) mass is 446 g/mol. The highest BCUT2D eigenvalue weighted by Crippen LogP contribution is 2.43. The number of hydrogen-bond acceptors (Lipinski definition) is 4. The zero-order valence-corrected chi connectivity index (χ0v) is 17.3. The van der Waals surface area contributed by atoms with Gasteiger partial charge in [0.2, 0.25) is 5.91 Å². The maximum absolute atomic E-state index is 13.1. The Morgan fingerprint density at radius 1 is 1.06 bits per heavy atom. The van der Waals surface area contributed by atoms with Crippen LogP contribution in [0.5, 0.6) is 0 Å². The summed E-state index contributed by atoms with van der Waals surface area (Å²) in [6, 6.07) is 8.07. The maximum Gasteiger partial charge on any atom is 0.435 e. The lowest BCUT2D eigenvalue weighted by Gasteiger charge is -2.16. The van der Waals surface area contributed by atoms with Gasteiger partial charge in [0.15, 0.2) is 11.4 Å². The van der Waals surface area contributed by atoms with Gasteiger partial charge in [-0.2, -0.15) is 23.4 Å². The summed E-state index contributed by atoms with van der Waals surface area (Å²) < 4.78 is 42.0. The summed E-state index contributed by atoms with van der Waals surface area (Å²) in [5.74, 6) is -0.868. The molecule has 1 aliphatic carbocycles. The SMILES string of the molecule is CC(C(=O)Nc1ccc(NC(=O)c2ccn(C)n2)cc1)n1nc(C(F)(F)F)cc1C1CC1. The van der Waals surface area contributed by atoms with E-state index in [1.165, 1.54) is 11.6 Å². The Labute approximate surface area is 181 Å². The van der Waals surface area contributed by atoms with Gasteiger partial charge < -0.3 is 10.6 Å². The molecule has 1 saturated carbocycles. The lowest BCUT2D eigenvalue weighted by atomic mass is 10.2. The third-order valence-electron chi connectivity index (χ3n) is 5.15. The minimum atomic E-state index is -4.57. The molecule has 1 unspecified atom stereocenters. The van der Waals surface area contributed by atoms with Crippen molar-refractivity contribution in [3.05, 3.63) is 59.7 Å². The number of anilines is 2. The molecule has 1 fully saturated rings. The van der Waals surface area contributed by atoms with Gasteiger partial charge >= 0.3 is 6.18 Å². The summed E-state index contributed by atoms with van der Waals surface area (Å²) in [7, 11) is 1.70. The number of carbonyl (C=O) groups excluding carboxylic acids is 2. The first kappa shape index (κ1) is 21.6. The number of aromatic nitrogens is 4. The second-order valence-electron chi connectivity index (χ2n) is 7.74. The minimum absolute atomic E-state index is 0.00384. The molecule has 0 radical (unpaired) electrons. The fourth-order valence-corrected chi connectivity index (χ4v) is 3.27. The molecule has 0 saturated heterocycles. The number of halogens is 3. The van der Waals surface area contributed by atoms with Crippen LogP contribution in [0.2, 0.25) is 0 Å². The molecule has 3 aromatic rings. The summed E-state index contributed by atoms with van der Waals surface area (Å²) in [4.78, 5) is 24.8. The van der Waals surface area contributed by atoms with E-state index in [-0.39, 0.29) is 17.5 Å². The van der Waals surface area contributed by atoms with Crippen LogP contribution >= 0.6 is 0 Å². The van der Waals surface area contributed by atoms with Crippen LogP contribution in [0.3, 0.4) is 0 Å². The fraction of sp³-hybridized carbons (Fsp3) is 0.333. The average Bonchev–Trinajstić information content (AvgIpc) is 3.31. The second kappa shape index (κ2) is 8.13.